The molecule has 2 aromatic rings. The number of nitrogens with zero attached hydrogens (tertiary/aromatic N) is 2. The molecule has 0 aliphatic rings. The molecular weight excluding hydrogens is 381 g/mol. The van der Waals surface area contributed by atoms with Crippen LogP contribution < -0.4 is 10.6 Å². The van der Waals surface area contributed by atoms with Crippen molar-refractivity contribution in [2.24, 2.45) is 0 Å². The zero-order valence-electron chi connectivity index (χ0n) is 15.1. The summed E-state index contributed by atoms with van der Waals surface area (Å²) in [7, 11) is -3.51. The molecule has 0 fully saturated rings. The van der Waals surface area contributed by atoms with Crippen molar-refractivity contribution in [2.75, 3.05) is 23.7 Å². The monoisotopic (exact) mass is 402 g/mol. The number of sulfone groups is 1. The molecule has 148 valence electrons. The third-order valence-corrected chi connectivity index (χ3v) is 6.07. The van der Waals surface area contributed by atoms with E-state index in [1.165, 1.54) is 18.3 Å². The molecule has 6 nitrogen and oxygen atoms in total. The quantitative estimate of drug-likeness (QED) is 0.719. The van der Waals surface area contributed by atoms with Crippen LogP contribution >= 0.6 is 0 Å². The fourth-order valence-electron chi connectivity index (χ4n) is 2.02. The molecule has 0 saturated carbocycles. The Morgan fingerprint density at radius 3 is 2.07 bits per heavy atom. The summed E-state index contributed by atoms with van der Waals surface area (Å²) in [6.45, 7) is 5.67. The first kappa shape index (κ1) is 20.9. The van der Waals surface area contributed by atoms with E-state index in [4.69, 9.17) is 0 Å². The molecule has 2 aromatic heterocycles. The molecule has 2 rings (SSSR count). The van der Waals surface area contributed by atoms with Gasteiger partial charge in [-0.05, 0) is 45.0 Å². The highest BCUT2D eigenvalue weighted by atomic mass is 32.2. The second-order valence-corrected chi connectivity index (χ2v) is 9.43. The first-order chi connectivity index (χ1) is 12.4. The van der Waals surface area contributed by atoms with Crippen molar-refractivity contribution < 1.29 is 21.6 Å². The molecule has 0 amide bonds. The van der Waals surface area contributed by atoms with Gasteiger partial charge < -0.3 is 10.6 Å². The van der Waals surface area contributed by atoms with Gasteiger partial charge in [0.1, 0.15) is 5.82 Å². The molecule has 0 radical (unpaired) electrons. The Hall–Kier alpha value is -2.36. The maximum Gasteiger partial charge on any atom is 0.417 e. The Balaban J connectivity index is 1.86. The van der Waals surface area contributed by atoms with Crippen LogP contribution in [0.15, 0.2) is 41.7 Å². The van der Waals surface area contributed by atoms with Gasteiger partial charge in [0, 0.05) is 19.3 Å². The topological polar surface area (TPSA) is 84.0 Å². The highest BCUT2D eigenvalue weighted by molar-refractivity contribution is 7.92. The fraction of sp³-hybridized carbons (Fsp3) is 0.412. The molecule has 0 spiro atoms. The molecule has 27 heavy (non-hydrogen) atoms. The molecule has 0 aromatic carbocycles. The zero-order chi connectivity index (χ0) is 20.3. The number of aromatic nitrogens is 2. The summed E-state index contributed by atoms with van der Waals surface area (Å²) >= 11 is 0. The van der Waals surface area contributed by atoms with E-state index in [0.29, 0.717) is 24.6 Å². The maximum atomic E-state index is 12.5. The van der Waals surface area contributed by atoms with Crippen LogP contribution in [0.3, 0.4) is 0 Å². The number of alkyl halides is 3. The van der Waals surface area contributed by atoms with Crippen molar-refractivity contribution >= 4 is 21.3 Å². The average molecular weight is 402 g/mol. The molecule has 0 aliphatic carbocycles. The lowest BCUT2D eigenvalue weighted by Gasteiger charge is -2.18. The van der Waals surface area contributed by atoms with Gasteiger partial charge >= 0.3 is 6.18 Å². The minimum Gasteiger partial charge on any atom is -0.382 e. The van der Waals surface area contributed by atoms with E-state index in [1.807, 2.05) is 0 Å². The number of nitrogens with one attached hydrogen (secondary N) is 2. The third kappa shape index (κ3) is 5.31. The minimum atomic E-state index is -4.41. The van der Waals surface area contributed by atoms with Gasteiger partial charge in [0.25, 0.3) is 0 Å². The van der Waals surface area contributed by atoms with Gasteiger partial charge in [0.2, 0.25) is 0 Å². The van der Waals surface area contributed by atoms with Crippen LogP contribution in [0.25, 0.3) is 0 Å². The Morgan fingerprint density at radius 1 is 0.926 bits per heavy atom. The summed E-state index contributed by atoms with van der Waals surface area (Å²) in [5, 5.41) is 5.94. The summed E-state index contributed by atoms with van der Waals surface area (Å²) in [5.41, 5.74) is -0.174. The average Bonchev–Trinajstić information content (AvgIpc) is 2.58. The minimum absolute atomic E-state index is 0.00706. The summed E-state index contributed by atoms with van der Waals surface area (Å²) in [6.07, 6.45) is -2.21. The highest BCUT2D eigenvalue weighted by Gasteiger charge is 2.32. The lowest BCUT2D eigenvalue weighted by atomic mass is 10.3. The second kappa shape index (κ2) is 7.71. The molecule has 2 heterocycles. The van der Waals surface area contributed by atoms with Crippen LogP contribution in [0, 0.1) is 0 Å². The van der Waals surface area contributed by atoms with Crippen molar-refractivity contribution in [3.63, 3.8) is 0 Å². The van der Waals surface area contributed by atoms with E-state index < -0.39 is 26.3 Å². The number of anilines is 2. The number of hydrogen-bond acceptors (Lipinski definition) is 6. The van der Waals surface area contributed by atoms with E-state index in [0.717, 1.165) is 12.3 Å². The third-order valence-electron chi connectivity index (χ3n) is 3.67. The number of pyridine rings is 2. The molecular formula is C17H21F3N4O2S. The van der Waals surface area contributed by atoms with Gasteiger partial charge in [-0.15, -0.1) is 0 Å². The van der Waals surface area contributed by atoms with E-state index in [1.54, 1.807) is 26.8 Å². The Kier molecular flexibility index (Phi) is 5.98. The van der Waals surface area contributed by atoms with Crippen LogP contribution in [0.2, 0.25) is 0 Å². The predicted octanol–water partition coefficient (Wildman–Crippen LogP) is 3.59. The highest BCUT2D eigenvalue weighted by Crippen LogP contribution is 2.28. The molecule has 10 heteroatoms. The molecule has 2 N–H and O–H groups in total. The lowest BCUT2D eigenvalue weighted by molar-refractivity contribution is -0.137. The number of hydrogen-bond donors (Lipinski definition) is 2. The van der Waals surface area contributed by atoms with Gasteiger partial charge in [-0.2, -0.15) is 13.2 Å². The van der Waals surface area contributed by atoms with Crippen LogP contribution in [-0.2, 0) is 16.0 Å². The molecule has 0 bridgehead atoms. The van der Waals surface area contributed by atoms with Gasteiger partial charge in [0.15, 0.2) is 14.9 Å². The van der Waals surface area contributed by atoms with Crippen LogP contribution in [0.4, 0.5) is 24.7 Å². The zero-order valence-corrected chi connectivity index (χ0v) is 15.9. The number of halogens is 3. The van der Waals surface area contributed by atoms with Crippen LogP contribution in [0.5, 0.6) is 0 Å². The Morgan fingerprint density at radius 2 is 1.59 bits per heavy atom. The Labute approximate surface area is 156 Å². The van der Waals surface area contributed by atoms with Gasteiger partial charge in [0.05, 0.1) is 22.2 Å². The van der Waals surface area contributed by atoms with Crippen LogP contribution in [0.1, 0.15) is 26.3 Å². The number of rotatable bonds is 6. The molecule has 0 saturated heterocycles. The summed E-state index contributed by atoms with van der Waals surface area (Å²) in [4.78, 5) is 7.71. The second-order valence-electron chi connectivity index (χ2n) is 6.78. The Bertz CT molecular complexity index is 859. The van der Waals surface area contributed by atoms with Gasteiger partial charge in [-0.3, -0.25) is 0 Å². The van der Waals surface area contributed by atoms with Crippen molar-refractivity contribution in [3.8, 4) is 0 Å². The first-order valence-corrected chi connectivity index (χ1v) is 9.61. The summed E-state index contributed by atoms with van der Waals surface area (Å²) in [5.74, 6) is 0.328. The van der Waals surface area contributed by atoms with Crippen molar-refractivity contribution in [1.29, 1.82) is 0 Å². The van der Waals surface area contributed by atoms with E-state index >= 15 is 0 Å². The van der Waals surface area contributed by atoms with E-state index in [2.05, 4.69) is 20.6 Å². The van der Waals surface area contributed by atoms with Crippen molar-refractivity contribution in [3.05, 3.63) is 42.2 Å². The molecule has 0 aliphatic heterocycles. The van der Waals surface area contributed by atoms with E-state index in [-0.39, 0.29) is 5.03 Å². The largest absolute Gasteiger partial charge is 0.417 e. The predicted molar refractivity (Wildman–Crippen MR) is 97.4 cm³/mol. The first-order valence-electron chi connectivity index (χ1n) is 8.13. The smallest absolute Gasteiger partial charge is 0.382 e. The standard InChI is InChI=1S/C17H21F3N4O2S/c1-16(2,3)27(25,26)15-7-5-13(11-24-15)21-8-9-22-14-6-4-12(10-23-14)17(18,19)20/h4-7,10-11,21H,8-9H2,1-3H3,(H,22,23). The molecule has 0 atom stereocenters. The summed E-state index contributed by atoms with van der Waals surface area (Å²) in [6, 6.07) is 5.27. The van der Waals surface area contributed by atoms with Gasteiger partial charge in [-0.25, -0.2) is 18.4 Å². The molecule has 0 unspecified atom stereocenters. The van der Waals surface area contributed by atoms with Crippen molar-refractivity contribution in [1.82, 2.24) is 9.97 Å². The van der Waals surface area contributed by atoms with Crippen LogP contribution in [-0.4, -0.2) is 36.2 Å². The normalized spacial score (nSPS) is 12.7. The van der Waals surface area contributed by atoms with Crippen molar-refractivity contribution in [2.45, 2.75) is 36.7 Å². The summed E-state index contributed by atoms with van der Waals surface area (Å²) < 4.78 is 61.1. The maximum absolute atomic E-state index is 12.5. The lowest BCUT2D eigenvalue weighted by Crippen LogP contribution is -2.28. The van der Waals surface area contributed by atoms with Gasteiger partial charge in [-0.1, -0.05) is 0 Å². The fourth-order valence-corrected chi connectivity index (χ4v) is 3.09. The van der Waals surface area contributed by atoms with E-state index in [9.17, 15) is 21.6 Å². The SMILES string of the molecule is CC(C)(C)S(=O)(=O)c1ccc(NCCNc2ccc(C(F)(F)F)cn2)cn1.